The van der Waals surface area contributed by atoms with Crippen molar-refractivity contribution in [2.75, 3.05) is 0 Å². The molecule has 9 rings (SSSR count). The molecular formula is C46H29N5. The van der Waals surface area contributed by atoms with Crippen LogP contribution in [0.2, 0.25) is 0 Å². The molecule has 0 unspecified atom stereocenters. The Morgan fingerprint density at radius 3 is 1.67 bits per heavy atom. The van der Waals surface area contributed by atoms with Gasteiger partial charge in [0, 0.05) is 33.2 Å². The lowest BCUT2D eigenvalue weighted by molar-refractivity contribution is 1.07. The lowest BCUT2D eigenvalue weighted by Crippen LogP contribution is -2.02. The van der Waals surface area contributed by atoms with E-state index in [0.717, 1.165) is 55.7 Å². The highest BCUT2D eigenvalue weighted by Gasteiger charge is 2.19. The van der Waals surface area contributed by atoms with E-state index in [2.05, 4.69) is 95.6 Å². The number of nitrogens with zero attached hydrogens (tertiary/aromatic N) is 5. The Kier molecular flexibility index (Phi) is 7.46. The highest BCUT2D eigenvalue weighted by molar-refractivity contribution is 6.10. The zero-order valence-corrected chi connectivity index (χ0v) is 27.5. The lowest BCUT2D eigenvalue weighted by atomic mass is 9.96. The first-order chi connectivity index (χ1) is 25.2. The third-order valence-corrected chi connectivity index (χ3v) is 9.29. The fraction of sp³-hybridized carbons (Fsp3) is 0. The quantitative estimate of drug-likeness (QED) is 0.179. The van der Waals surface area contributed by atoms with Crippen molar-refractivity contribution >= 4 is 21.8 Å². The van der Waals surface area contributed by atoms with E-state index in [0.29, 0.717) is 23.0 Å². The van der Waals surface area contributed by atoms with Crippen molar-refractivity contribution in [2.24, 2.45) is 0 Å². The summed E-state index contributed by atoms with van der Waals surface area (Å²) < 4.78 is 2.33. The van der Waals surface area contributed by atoms with Gasteiger partial charge >= 0.3 is 0 Å². The van der Waals surface area contributed by atoms with Gasteiger partial charge in [0.2, 0.25) is 0 Å². The maximum Gasteiger partial charge on any atom is 0.164 e. The van der Waals surface area contributed by atoms with Gasteiger partial charge in [-0.1, -0.05) is 140 Å². The second-order valence-corrected chi connectivity index (χ2v) is 12.4. The fourth-order valence-corrected chi connectivity index (χ4v) is 6.85. The maximum absolute atomic E-state index is 9.81. The molecule has 2 heterocycles. The zero-order chi connectivity index (χ0) is 34.1. The predicted molar refractivity (Wildman–Crippen MR) is 206 cm³/mol. The number of nitriles is 1. The van der Waals surface area contributed by atoms with Crippen LogP contribution < -0.4 is 0 Å². The van der Waals surface area contributed by atoms with Crippen molar-refractivity contribution in [1.29, 1.82) is 5.26 Å². The molecule has 0 fully saturated rings. The second kappa shape index (κ2) is 12.7. The van der Waals surface area contributed by atoms with E-state index in [4.69, 9.17) is 15.0 Å². The van der Waals surface area contributed by atoms with Gasteiger partial charge in [0.1, 0.15) is 0 Å². The summed E-state index contributed by atoms with van der Waals surface area (Å²) in [6.45, 7) is 0. The molecule has 0 saturated carbocycles. The van der Waals surface area contributed by atoms with E-state index in [-0.39, 0.29) is 0 Å². The third-order valence-electron chi connectivity index (χ3n) is 9.29. The smallest absolute Gasteiger partial charge is 0.164 e. The van der Waals surface area contributed by atoms with Crippen LogP contribution in [0, 0.1) is 11.3 Å². The number of hydrogen-bond donors (Lipinski definition) is 0. The Hall–Kier alpha value is -7.16. The molecule has 9 aromatic rings. The zero-order valence-electron chi connectivity index (χ0n) is 27.5. The number of aromatic nitrogens is 4. The molecule has 5 nitrogen and oxygen atoms in total. The van der Waals surface area contributed by atoms with Crippen LogP contribution in [0.25, 0.3) is 83.9 Å². The monoisotopic (exact) mass is 651 g/mol. The predicted octanol–water partition coefficient (Wildman–Crippen LogP) is 11.2. The van der Waals surface area contributed by atoms with Gasteiger partial charge < -0.3 is 4.57 Å². The van der Waals surface area contributed by atoms with E-state index in [1.54, 1.807) is 0 Å². The Bertz CT molecular complexity index is 2690. The minimum absolute atomic E-state index is 0.549. The van der Waals surface area contributed by atoms with Gasteiger partial charge in [-0.2, -0.15) is 5.26 Å². The highest BCUT2D eigenvalue weighted by atomic mass is 15.0. The Balaban J connectivity index is 1.33. The molecule has 0 atom stereocenters. The van der Waals surface area contributed by atoms with Gasteiger partial charge in [0.25, 0.3) is 0 Å². The second-order valence-electron chi connectivity index (χ2n) is 12.4. The number of rotatable bonds is 6. The summed E-state index contributed by atoms with van der Waals surface area (Å²) in [6.07, 6.45) is 0. The van der Waals surface area contributed by atoms with Crippen LogP contribution in [0.1, 0.15) is 5.56 Å². The molecule has 0 N–H and O–H groups in total. The molecule has 0 aliphatic rings. The molecule has 2 aromatic heterocycles. The molecule has 0 spiro atoms. The molecule has 0 aliphatic carbocycles. The summed E-state index contributed by atoms with van der Waals surface area (Å²) in [6, 6.07) is 62.2. The average molecular weight is 652 g/mol. The third kappa shape index (κ3) is 5.51. The topological polar surface area (TPSA) is 67.4 Å². The van der Waals surface area contributed by atoms with Crippen molar-refractivity contribution in [3.63, 3.8) is 0 Å². The molecular weight excluding hydrogens is 623 g/mol. The summed E-state index contributed by atoms with van der Waals surface area (Å²) in [5, 5.41) is 12.2. The van der Waals surface area contributed by atoms with Gasteiger partial charge in [0.15, 0.2) is 17.5 Å². The Morgan fingerprint density at radius 1 is 0.392 bits per heavy atom. The first-order valence-corrected chi connectivity index (χ1v) is 16.8. The normalized spacial score (nSPS) is 11.1. The highest BCUT2D eigenvalue weighted by Crippen LogP contribution is 2.39. The van der Waals surface area contributed by atoms with Crippen LogP contribution in [0.15, 0.2) is 176 Å². The van der Waals surface area contributed by atoms with E-state index >= 15 is 0 Å². The van der Waals surface area contributed by atoms with Gasteiger partial charge in [0.05, 0.1) is 22.7 Å². The average Bonchev–Trinajstić information content (AvgIpc) is 3.55. The summed E-state index contributed by atoms with van der Waals surface area (Å²) in [7, 11) is 0. The molecule has 51 heavy (non-hydrogen) atoms. The van der Waals surface area contributed by atoms with Crippen LogP contribution in [-0.4, -0.2) is 19.5 Å². The molecule has 0 amide bonds. The Morgan fingerprint density at radius 2 is 0.980 bits per heavy atom. The van der Waals surface area contributed by atoms with Crippen LogP contribution >= 0.6 is 0 Å². The number of fused-ring (bicyclic) bond motifs is 3. The van der Waals surface area contributed by atoms with E-state index in [1.807, 2.05) is 91.0 Å². The van der Waals surface area contributed by atoms with Crippen molar-refractivity contribution < 1.29 is 0 Å². The lowest BCUT2D eigenvalue weighted by Gasteiger charge is -2.16. The Labute approximate surface area is 295 Å². The standard InChI is InChI=1S/C46H29N5/c47-30-31-13-12-20-36(27-31)38-26-24-37(51-42-22-11-10-21-39(42)40-25-23-35(28-43(40)51)32-14-4-1-5-15-32)29-41(38)46-49-44(33-16-6-2-7-17-33)48-45(50-46)34-18-8-3-9-19-34/h1-29H. The van der Waals surface area contributed by atoms with Gasteiger partial charge in [-0.05, 0) is 58.7 Å². The molecule has 0 radical (unpaired) electrons. The minimum Gasteiger partial charge on any atom is -0.309 e. The first-order valence-electron chi connectivity index (χ1n) is 16.8. The van der Waals surface area contributed by atoms with Gasteiger partial charge in [-0.3, -0.25) is 0 Å². The van der Waals surface area contributed by atoms with Crippen molar-refractivity contribution in [1.82, 2.24) is 19.5 Å². The summed E-state index contributed by atoms with van der Waals surface area (Å²) in [4.78, 5) is 15.2. The summed E-state index contributed by atoms with van der Waals surface area (Å²) in [5.41, 5.74) is 10.6. The van der Waals surface area contributed by atoms with E-state index in [1.165, 1.54) is 10.8 Å². The van der Waals surface area contributed by atoms with Gasteiger partial charge in [-0.25, -0.2) is 15.0 Å². The fourth-order valence-electron chi connectivity index (χ4n) is 6.85. The molecule has 0 bridgehead atoms. The SMILES string of the molecule is N#Cc1cccc(-c2ccc(-n3c4ccccc4c4ccc(-c5ccccc5)cc43)cc2-c2nc(-c3ccccc3)nc(-c3ccccc3)n2)c1. The van der Waals surface area contributed by atoms with E-state index in [9.17, 15) is 5.26 Å². The van der Waals surface area contributed by atoms with E-state index < -0.39 is 0 Å². The van der Waals surface area contributed by atoms with Crippen LogP contribution in [0.4, 0.5) is 0 Å². The number of benzene rings is 7. The van der Waals surface area contributed by atoms with Crippen LogP contribution in [0.5, 0.6) is 0 Å². The number of para-hydroxylation sites is 1. The first kappa shape index (κ1) is 29.9. The molecule has 238 valence electrons. The summed E-state index contributed by atoms with van der Waals surface area (Å²) >= 11 is 0. The largest absolute Gasteiger partial charge is 0.309 e. The van der Waals surface area contributed by atoms with Crippen LogP contribution in [0.3, 0.4) is 0 Å². The van der Waals surface area contributed by atoms with Crippen molar-refractivity contribution in [3.05, 3.63) is 181 Å². The maximum atomic E-state index is 9.81. The summed E-state index contributed by atoms with van der Waals surface area (Å²) in [5.74, 6) is 1.73. The van der Waals surface area contributed by atoms with Crippen molar-refractivity contribution in [3.8, 4) is 68.2 Å². The molecule has 0 aliphatic heterocycles. The number of hydrogen-bond acceptors (Lipinski definition) is 4. The molecule has 5 heteroatoms. The van der Waals surface area contributed by atoms with Crippen LogP contribution in [-0.2, 0) is 0 Å². The molecule has 0 saturated heterocycles. The van der Waals surface area contributed by atoms with Gasteiger partial charge in [-0.15, -0.1) is 0 Å². The minimum atomic E-state index is 0.549. The molecule has 7 aromatic carbocycles. The van der Waals surface area contributed by atoms with Crippen molar-refractivity contribution in [2.45, 2.75) is 0 Å².